The summed E-state index contributed by atoms with van der Waals surface area (Å²) in [7, 11) is 2.02. The van der Waals surface area contributed by atoms with Gasteiger partial charge in [0, 0.05) is 49.1 Å². The van der Waals surface area contributed by atoms with Crippen molar-refractivity contribution >= 4 is 11.9 Å². The van der Waals surface area contributed by atoms with Gasteiger partial charge in [0.05, 0.1) is 18.5 Å². The largest absolute Gasteiger partial charge is 0.478 e. The van der Waals surface area contributed by atoms with Gasteiger partial charge in [-0.3, -0.25) is 0 Å². The monoisotopic (exact) mass is 533 g/mol. The minimum atomic E-state index is -0.801. The summed E-state index contributed by atoms with van der Waals surface area (Å²) >= 11 is 0. The lowest BCUT2D eigenvalue weighted by molar-refractivity contribution is -0.0394. The number of aromatic nitrogens is 5. The van der Waals surface area contributed by atoms with Gasteiger partial charge in [0.2, 0.25) is 5.88 Å². The van der Waals surface area contributed by atoms with E-state index >= 15 is 0 Å². The van der Waals surface area contributed by atoms with Crippen LogP contribution in [0.15, 0.2) is 36.7 Å². The molecule has 4 atom stereocenters. The fraction of sp³-hybridized carbons (Fsp3) is 0.536. The van der Waals surface area contributed by atoms with E-state index in [9.17, 15) is 9.90 Å². The number of rotatable bonds is 7. The first-order chi connectivity index (χ1) is 19.0. The van der Waals surface area contributed by atoms with Crippen molar-refractivity contribution in [2.45, 2.75) is 76.2 Å². The Morgan fingerprint density at radius 3 is 2.56 bits per heavy atom. The Hall–Kier alpha value is -3.73. The molecule has 3 saturated heterocycles. The van der Waals surface area contributed by atoms with Gasteiger partial charge in [-0.2, -0.15) is 5.10 Å². The molecule has 0 spiro atoms. The normalized spacial score (nSPS) is 24.5. The summed E-state index contributed by atoms with van der Waals surface area (Å²) < 4.78 is 13.7. The first kappa shape index (κ1) is 25.5. The van der Waals surface area contributed by atoms with Gasteiger partial charge in [-0.05, 0) is 76.1 Å². The highest BCUT2D eigenvalue weighted by Gasteiger charge is 2.44. The van der Waals surface area contributed by atoms with E-state index in [-0.39, 0.29) is 24.4 Å². The predicted molar refractivity (Wildman–Crippen MR) is 145 cm³/mol. The van der Waals surface area contributed by atoms with Crippen molar-refractivity contribution in [2.24, 2.45) is 0 Å². The van der Waals surface area contributed by atoms with Crippen LogP contribution in [-0.4, -0.2) is 79.4 Å². The summed E-state index contributed by atoms with van der Waals surface area (Å²) in [5, 5.41) is 23.1. The van der Waals surface area contributed by atoms with E-state index in [4.69, 9.17) is 14.5 Å². The van der Waals surface area contributed by atoms with E-state index < -0.39 is 6.09 Å². The number of nitrogens with zero attached hydrogens (tertiary/aromatic N) is 7. The first-order valence-corrected chi connectivity index (χ1v) is 13.9. The highest BCUT2D eigenvalue weighted by molar-refractivity contribution is 5.70. The molecule has 1 N–H and O–H groups in total. The molecule has 3 aliphatic rings. The average Bonchev–Trinajstić information content (AvgIpc) is 3.56. The number of carbonyl (C=O) groups is 1. The van der Waals surface area contributed by atoms with Gasteiger partial charge >= 0.3 is 6.09 Å². The molecule has 0 aliphatic carbocycles. The molecule has 0 aromatic carbocycles. The zero-order chi connectivity index (χ0) is 26.9. The third kappa shape index (κ3) is 5.03. The zero-order valence-electron chi connectivity index (χ0n) is 22.4. The fourth-order valence-electron chi connectivity index (χ4n) is 6.23. The Kier molecular flexibility index (Phi) is 7.07. The van der Waals surface area contributed by atoms with Crippen molar-refractivity contribution in [2.75, 3.05) is 25.2 Å². The molecule has 11 heteroatoms. The molecule has 1 amide bonds. The minimum absolute atomic E-state index is 0.0259. The lowest BCUT2D eigenvalue weighted by atomic mass is 9.96. The van der Waals surface area contributed by atoms with Gasteiger partial charge in [-0.25, -0.2) is 14.5 Å². The molecule has 3 fully saturated rings. The molecule has 6 heterocycles. The van der Waals surface area contributed by atoms with E-state index in [2.05, 4.69) is 20.2 Å². The quantitative estimate of drug-likeness (QED) is 0.464. The second-order valence-corrected chi connectivity index (χ2v) is 10.6. The topological polar surface area (TPSA) is 119 Å². The maximum atomic E-state index is 11.6. The summed E-state index contributed by atoms with van der Waals surface area (Å²) in [5.41, 5.74) is 3.14. The number of fused-ring (bicyclic) bond motifs is 2. The SMILES string of the molecule is CCOc1nc(-c2ccc(N(C)[C@H]3C[C@H]4CC[C@@H](C3)N4C(=O)O)nn2)ccc1-c1cnn(C2CCCCO2)c1. The smallest absolute Gasteiger partial charge is 0.407 e. The Labute approximate surface area is 227 Å². The third-order valence-electron chi connectivity index (χ3n) is 8.26. The second kappa shape index (κ2) is 10.8. The van der Waals surface area contributed by atoms with Crippen LogP contribution in [0.1, 0.15) is 58.1 Å². The number of hydrogen-bond acceptors (Lipinski definition) is 8. The van der Waals surface area contributed by atoms with Crippen molar-refractivity contribution in [3.8, 4) is 28.4 Å². The maximum absolute atomic E-state index is 11.6. The van der Waals surface area contributed by atoms with E-state index in [0.717, 1.165) is 68.5 Å². The van der Waals surface area contributed by atoms with Crippen molar-refractivity contribution < 1.29 is 19.4 Å². The molecule has 0 saturated carbocycles. The number of pyridine rings is 1. The number of piperidine rings is 1. The first-order valence-electron chi connectivity index (χ1n) is 13.9. The third-order valence-corrected chi connectivity index (χ3v) is 8.26. The van der Waals surface area contributed by atoms with Crippen molar-refractivity contribution in [3.05, 3.63) is 36.7 Å². The number of amides is 1. The van der Waals surface area contributed by atoms with E-state index in [1.54, 1.807) is 4.90 Å². The summed E-state index contributed by atoms with van der Waals surface area (Å²) in [6.07, 6.45) is 9.69. The highest BCUT2D eigenvalue weighted by atomic mass is 16.5. The lowest BCUT2D eigenvalue weighted by Gasteiger charge is -2.41. The van der Waals surface area contributed by atoms with Gasteiger partial charge in [0.25, 0.3) is 0 Å². The van der Waals surface area contributed by atoms with Crippen LogP contribution in [0.4, 0.5) is 10.6 Å². The van der Waals surface area contributed by atoms with Crippen molar-refractivity contribution in [1.29, 1.82) is 0 Å². The Morgan fingerprint density at radius 2 is 1.90 bits per heavy atom. The fourth-order valence-corrected chi connectivity index (χ4v) is 6.23. The summed E-state index contributed by atoms with van der Waals surface area (Å²) in [6, 6.07) is 8.21. The van der Waals surface area contributed by atoms with Crippen LogP contribution in [0.25, 0.3) is 22.5 Å². The number of ether oxygens (including phenoxy) is 2. The molecule has 6 rings (SSSR count). The van der Waals surface area contributed by atoms with Gasteiger partial charge in [0.1, 0.15) is 11.9 Å². The van der Waals surface area contributed by atoms with Crippen LogP contribution in [0.2, 0.25) is 0 Å². The molecule has 3 aliphatic heterocycles. The molecule has 3 aromatic rings. The molecule has 1 unspecified atom stereocenters. The summed E-state index contributed by atoms with van der Waals surface area (Å²) in [5.74, 6) is 1.30. The van der Waals surface area contributed by atoms with Gasteiger partial charge in [0.15, 0.2) is 5.82 Å². The van der Waals surface area contributed by atoms with Crippen molar-refractivity contribution in [3.63, 3.8) is 0 Å². The molecular weight excluding hydrogens is 498 g/mol. The zero-order valence-corrected chi connectivity index (χ0v) is 22.4. The van der Waals surface area contributed by atoms with Crippen LogP contribution >= 0.6 is 0 Å². The highest BCUT2D eigenvalue weighted by Crippen LogP contribution is 2.38. The second-order valence-electron chi connectivity index (χ2n) is 10.6. The van der Waals surface area contributed by atoms with Gasteiger partial charge < -0.3 is 24.4 Å². The Morgan fingerprint density at radius 1 is 1.10 bits per heavy atom. The minimum Gasteiger partial charge on any atom is -0.478 e. The van der Waals surface area contributed by atoms with Crippen LogP contribution in [0.3, 0.4) is 0 Å². The number of carboxylic acid groups (broad SMARTS) is 1. The molecular formula is C28H35N7O4. The maximum Gasteiger partial charge on any atom is 0.407 e. The van der Waals surface area contributed by atoms with Crippen LogP contribution in [-0.2, 0) is 4.74 Å². The molecule has 206 valence electrons. The lowest BCUT2D eigenvalue weighted by Crippen LogP contribution is -2.51. The van der Waals surface area contributed by atoms with Crippen LogP contribution < -0.4 is 9.64 Å². The Bertz CT molecular complexity index is 1290. The summed E-state index contributed by atoms with van der Waals surface area (Å²) in [6.45, 7) is 3.19. The van der Waals surface area contributed by atoms with Gasteiger partial charge in [-0.15, -0.1) is 10.2 Å². The van der Waals surface area contributed by atoms with Crippen LogP contribution in [0.5, 0.6) is 5.88 Å². The van der Waals surface area contributed by atoms with Gasteiger partial charge in [-0.1, -0.05) is 0 Å². The average molecular weight is 534 g/mol. The standard InChI is InChI=1S/C28H35N7O4/c1-3-38-27-22(18-16-29-34(17-18)26-6-4-5-13-39-26)9-10-23(30-27)24-11-12-25(32-31-24)33(2)21-14-19-7-8-20(15-21)35(19)28(36)37/h9-12,16-17,19-21,26H,3-8,13-15H2,1-2H3,(H,36,37)/t19-,20+,21+,26?. The van der Waals surface area contributed by atoms with Crippen LogP contribution in [0, 0.1) is 0 Å². The Balaban J connectivity index is 1.18. The molecule has 11 nitrogen and oxygen atoms in total. The molecule has 39 heavy (non-hydrogen) atoms. The van der Waals surface area contributed by atoms with E-state index in [0.29, 0.717) is 23.9 Å². The number of anilines is 1. The van der Waals surface area contributed by atoms with E-state index in [1.807, 2.05) is 55.3 Å². The predicted octanol–water partition coefficient (Wildman–Crippen LogP) is 4.61. The molecule has 0 radical (unpaired) electrons. The van der Waals surface area contributed by atoms with E-state index in [1.165, 1.54) is 0 Å². The number of hydrogen-bond donors (Lipinski definition) is 1. The molecule has 3 aromatic heterocycles. The summed E-state index contributed by atoms with van der Waals surface area (Å²) in [4.78, 5) is 20.2. The molecule has 2 bridgehead atoms. The van der Waals surface area contributed by atoms with Crippen molar-refractivity contribution in [1.82, 2.24) is 29.9 Å².